The minimum absolute atomic E-state index is 0.0479. The zero-order valence-corrected chi connectivity index (χ0v) is 14.3. The molecule has 0 spiro atoms. The van der Waals surface area contributed by atoms with Gasteiger partial charge in [0.1, 0.15) is 5.75 Å². The predicted molar refractivity (Wildman–Crippen MR) is 92.7 cm³/mol. The summed E-state index contributed by atoms with van der Waals surface area (Å²) >= 11 is 2.19. The first-order chi connectivity index (χ1) is 10.1. The third-order valence-electron chi connectivity index (χ3n) is 3.06. The van der Waals surface area contributed by atoms with Crippen LogP contribution in [0.2, 0.25) is 0 Å². The maximum absolute atomic E-state index is 12.2. The van der Waals surface area contributed by atoms with Gasteiger partial charge in [0, 0.05) is 10.1 Å². The number of carbonyl (C=O) groups excluding carboxylic acids is 1. The Bertz CT molecular complexity index is 623. The average Bonchev–Trinajstić information content (AvgIpc) is 2.46. The molecular formula is C17H18INO2. The van der Waals surface area contributed by atoms with E-state index >= 15 is 0 Å². The van der Waals surface area contributed by atoms with Gasteiger partial charge in [-0.15, -0.1) is 0 Å². The van der Waals surface area contributed by atoms with Gasteiger partial charge in [-0.25, -0.2) is 0 Å². The number of halogens is 1. The Balaban J connectivity index is 1.97. The monoisotopic (exact) mass is 395 g/mol. The van der Waals surface area contributed by atoms with E-state index in [9.17, 15) is 4.79 Å². The Hall–Kier alpha value is -1.56. The summed E-state index contributed by atoms with van der Waals surface area (Å²) in [7, 11) is 0. The highest BCUT2D eigenvalue weighted by molar-refractivity contribution is 14.1. The lowest BCUT2D eigenvalue weighted by Crippen LogP contribution is -2.23. The largest absolute Gasteiger partial charge is 0.494 e. The summed E-state index contributed by atoms with van der Waals surface area (Å²) in [5.41, 5.74) is 2.92. The maximum Gasteiger partial charge on any atom is 0.252 e. The van der Waals surface area contributed by atoms with E-state index in [1.165, 1.54) is 0 Å². The van der Waals surface area contributed by atoms with Crippen molar-refractivity contribution < 1.29 is 9.53 Å². The quantitative estimate of drug-likeness (QED) is 0.780. The molecule has 0 heterocycles. The van der Waals surface area contributed by atoms with Crippen LogP contribution in [0.15, 0.2) is 42.5 Å². The third-order valence-corrected chi connectivity index (χ3v) is 3.95. The van der Waals surface area contributed by atoms with Gasteiger partial charge in [0.25, 0.3) is 5.91 Å². The van der Waals surface area contributed by atoms with E-state index in [0.717, 1.165) is 20.4 Å². The highest BCUT2D eigenvalue weighted by Gasteiger charge is 2.09. The standard InChI is InChI=1S/C17H18INO2/c1-3-21-14-7-5-13(6-8-14)11-19-17(20)15-9-4-12(2)10-16(15)18/h4-10H,3,11H2,1-2H3,(H,19,20). The van der Waals surface area contributed by atoms with Crippen LogP contribution in [0.1, 0.15) is 28.4 Å². The molecule has 0 aliphatic heterocycles. The highest BCUT2D eigenvalue weighted by atomic mass is 127. The molecule has 3 nitrogen and oxygen atoms in total. The molecule has 0 fully saturated rings. The van der Waals surface area contributed by atoms with Crippen LogP contribution >= 0.6 is 22.6 Å². The van der Waals surface area contributed by atoms with Crippen LogP contribution in [0.25, 0.3) is 0 Å². The first kappa shape index (κ1) is 15.8. The Morgan fingerprint density at radius 3 is 2.52 bits per heavy atom. The van der Waals surface area contributed by atoms with E-state index in [0.29, 0.717) is 18.7 Å². The molecule has 0 saturated heterocycles. The smallest absolute Gasteiger partial charge is 0.252 e. The predicted octanol–water partition coefficient (Wildman–Crippen LogP) is 3.93. The summed E-state index contributed by atoms with van der Waals surface area (Å²) < 4.78 is 6.36. The van der Waals surface area contributed by atoms with E-state index in [-0.39, 0.29) is 5.91 Å². The van der Waals surface area contributed by atoms with Crippen molar-refractivity contribution in [3.63, 3.8) is 0 Å². The Morgan fingerprint density at radius 1 is 1.19 bits per heavy atom. The van der Waals surface area contributed by atoms with Crippen LogP contribution < -0.4 is 10.1 Å². The van der Waals surface area contributed by atoms with E-state index in [4.69, 9.17) is 4.74 Å². The number of nitrogens with one attached hydrogen (secondary N) is 1. The highest BCUT2D eigenvalue weighted by Crippen LogP contribution is 2.15. The van der Waals surface area contributed by atoms with Crippen molar-refractivity contribution in [2.24, 2.45) is 0 Å². The molecule has 4 heteroatoms. The minimum Gasteiger partial charge on any atom is -0.494 e. The van der Waals surface area contributed by atoms with Gasteiger partial charge in [0.2, 0.25) is 0 Å². The van der Waals surface area contributed by atoms with Gasteiger partial charge in [0.15, 0.2) is 0 Å². The molecule has 0 saturated carbocycles. The first-order valence-electron chi connectivity index (χ1n) is 6.86. The van der Waals surface area contributed by atoms with E-state index in [2.05, 4.69) is 27.9 Å². The van der Waals surface area contributed by atoms with Gasteiger partial charge < -0.3 is 10.1 Å². The molecule has 110 valence electrons. The number of hydrogen-bond acceptors (Lipinski definition) is 2. The van der Waals surface area contributed by atoms with E-state index in [1.807, 2.05) is 56.3 Å². The zero-order chi connectivity index (χ0) is 15.2. The van der Waals surface area contributed by atoms with Crippen LogP contribution in [0.4, 0.5) is 0 Å². The second-order valence-corrected chi connectivity index (χ2v) is 5.91. The van der Waals surface area contributed by atoms with Crippen LogP contribution in [-0.2, 0) is 6.54 Å². The van der Waals surface area contributed by atoms with Crippen LogP contribution in [0.3, 0.4) is 0 Å². The Labute approximate surface area is 138 Å². The number of ether oxygens (including phenoxy) is 1. The summed E-state index contributed by atoms with van der Waals surface area (Å²) in [6, 6.07) is 13.6. The third kappa shape index (κ3) is 4.46. The molecule has 0 radical (unpaired) electrons. The van der Waals surface area contributed by atoms with Crippen LogP contribution in [0.5, 0.6) is 5.75 Å². The lowest BCUT2D eigenvalue weighted by Gasteiger charge is -2.08. The number of amides is 1. The molecule has 21 heavy (non-hydrogen) atoms. The van der Waals surface area contributed by atoms with Crippen molar-refractivity contribution in [3.05, 3.63) is 62.7 Å². The molecule has 0 aromatic heterocycles. The fourth-order valence-corrected chi connectivity index (χ4v) is 2.87. The average molecular weight is 395 g/mol. The topological polar surface area (TPSA) is 38.3 Å². The second-order valence-electron chi connectivity index (χ2n) is 4.74. The van der Waals surface area contributed by atoms with Gasteiger partial charge in [-0.05, 0) is 66.3 Å². The van der Waals surface area contributed by atoms with Crippen molar-refractivity contribution in [2.75, 3.05) is 6.61 Å². The van der Waals surface area contributed by atoms with Crippen molar-refractivity contribution in [2.45, 2.75) is 20.4 Å². The lowest BCUT2D eigenvalue weighted by atomic mass is 10.1. The Kier molecular flexibility index (Phi) is 5.61. The summed E-state index contributed by atoms with van der Waals surface area (Å²) in [4.78, 5) is 12.2. The van der Waals surface area contributed by atoms with Gasteiger partial charge in [-0.2, -0.15) is 0 Å². The van der Waals surface area contributed by atoms with Gasteiger partial charge in [0.05, 0.1) is 12.2 Å². The fourth-order valence-electron chi connectivity index (χ4n) is 1.95. The summed E-state index contributed by atoms with van der Waals surface area (Å²) in [5.74, 6) is 0.800. The number of hydrogen-bond donors (Lipinski definition) is 1. The molecule has 0 aliphatic carbocycles. The molecule has 2 aromatic carbocycles. The SMILES string of the molecule is CCOc1ccc(CNC(=O)c2ccc(C)cc2I)cc1. The molecule has 2 aromatic rings. The van der Waals surface area contributed by atoms with Crippen molar-refractivity contribution in [1.82, 2.24) is 5.32 Å². The normalized spacial score (nSPS) is 10.2. The van der Waals surface area contributed by atoms with Gasteiger partial charge in [-0.3, -0.25) is 4.79 Å². The summed E-state index contributed by atoms with van der Waals surface area (Å²) in [6.45, 7) is 5.14. The van der Waals surface area contributed by atoms with Crippen LogP contribution in [-0.4, -0.2) is 12.5 Å². The van der Waals surface area contributed by atoms with Gasteiger partial charge >= 0.3 is 0 Å². The van der Waals surface area contributed by atoms with E-state index in [1.54, 1.807) is 0 Å². The number of aryl methyl sites for hydroxylation is 1. The number of benzene rings is 2. The molecule has 1 N–H and O–H groups in total. The van der Waals surface area contributed by atoms with Crippen molar-refractivity contribution >= 4 is 28.5 Å². The Morgan fingerprint density at radius 2 is 1.90 bits per heavy atom. The molecule has 0 aliphatic rings. The zero-order valence-electron chi connectivity index (χ0n) is 12.2. The summed E-state index contributed by atoms with van der Waals surface area (Å²) in [6.07, 6.45) is 0. The first-order valence-corrected chi connectivity index (χ1v) is 7.94. The van der Waals surface area contributed by atoms with Crippen LogP contribution in [0, 0.1) is 10.5 Å². The van der Waals surface area contributed by atoms with Crippen molar-refractivity contribution in [3.8, 4) is 5.75 Å². The van der Waals surface area contributed by atoms with Crippen molar-refractivity contribution in [1.29, 1.82) is 0 Å². The molecule has 0 bridgehead atoms. The number of carbonyl (C=O) groups is 1. The second kappa shape index (κ2) is 7.45. The minimum atomic E-state index is -0.0479. The molecular weight excluding hydrogens is 377 g/mol. The number of rotatable bonds is 5. The summed E-state index contributed by atoms with van der Waals surface area (Å²) in [5, 5.41) is 2.94. The van der Waals surface area contributed by atoms with Gasteiger partial charge in [-0.1, -0.05) is 23.8 Å². The molecule has 1 amide bonds. The molecule has 0 unspecified atom stereocenters. The molecule has 0 atom stereocenters. The molecule has 2 rings (SSSR count). The van der Waals surface area contributed by atoms with E-state index < -0.39 is 0 Å². The maximum atomic E-state index is 12.2. The fraction of sp³-hybridized carbons (Fsp3) is 0.235. The lowest BCUT2D eigenvalue weighted by molar-refractivity contribution is 0.0950.